The Morgan fingerprint density at radius 3 is 2.81 bits per heavy atom. The Morgan fingerprint density at radius 2 is 2.03 bits per heavy atom. The zero-order valence-electron chi connectivity index (χ0n) is 20.4. The fourth-order valence-electron chi connectivity index (χ4n) is 4.51. The Morgan fingerprint density at radius 1 is 1.19 bits per heavy atom. The number of pyridine rings is 2. The van der Waals surface area contributed by atoms with Crippen LogP contribution in [0.15, 0.2) is 36.5 Å². The number of amides is 2. The number of rotatable bonds is 4. The maximum absolute atomic E-state index is 13.4. The number of hydrogen-bond donors (Lipinski definition) is 1. The molecular formula is C26H27ClN6O3. The van der Waals surface area contributed by atoms with Crippen molar-refractivity contribution in [2.75, 3.05) is 26.2 Å². The molecule has 10 heteroatoms. The van der Waals surface area contributed by atoms with Gasteiger partial charge in [0.25, 0.3) is 5.91 Å². The van der Waals surface area contributed by atoms with Gasteiger partial charge >= 0.3 is 6.09 Å². The lowest BCUT2D eigenvalue weighted by molar-refractivity contribution is 0.0414. The van der Waals surface area contributed by atoms with Crippen LogP contribution < -0.4 is 0 Å². The van der Waals surface area contributed by atoms with Gasteiger partial charge in [-0.3, -0.25) is 9.89 Å². The molecule has 0 radical (unpaired) electrons. The summed E-state index contributed by atoms with van der Waals surface area (Å²) < 4.78 is 5.25. The van der Waals surface area contributed by atoms with Gasteiger partial charge in [0.1, 0.15) is 0 Å². The van der Waals surface area contributed by atoms with E-state index in [2.05, 4.69) is 15.2 Å². The van der Waals surface area contributed by atoms with Crippen LogP contribution in [0.2, 0.25) is 5.02 Å². The van der Waals surface area contributed by atoms with Gasteiger partial charge in [-0.05, 0) is 44.5 Å². The molecule has 186 valence electrons. The molecule has 0 bridgehead atoms. The summed E-state index contributed by atoms with van der Waals surface area (Å²) in [6.45, 7) is 7.50. The van der Waals surface area contributed by atoms with E-state index >= 15 is 0 Å². The average Bonchev–Trinajstić information content (AvgIpc) is 3.26. The highest BCUT2D eigenvalue weighted by Gasteiger charge is 2.31. The van der Waals surface area contributed by atoms with Gasteiger partial charge in [-0.1, -0.05) is 24.6 Å². The zero-order chi connectivity index (χ0) is 25.4. The van der Waals surface area contributed by atoms with Crippen LogP contribution in [0.25, 0.3) is 33.2 Å². The molecule has 0 saturated carbocycles. The Bertz CT molecular complexity index is 1470. The number of H-pyrrole nitrogens is 1. The molecule has 0 aliphatic carbocycles. The number of aromatic nitrogens is 4. The zero-order valence-corrected chi connectivity index (χ0v) is 21.2. The van der Waals surface area contributed by atoms with Crippen LogP contribution in [0.5, 0.6) is 0 Å². The molecule has 1 aromatic carbocycles. The summed E-state index contributed by atoms with van der Waals surface area (Å²) in [5.41, 5.74) is 4.20. The summed E-state index contributed by atoms with van der Waals surface area (Å²) in [5.74, 6) is -0.105. The molecule has 5 rings (SSSR count). The highest BCUT2D eigenvalue weighted by atomic mass is 35.5. The largest absolute Gasteiger partial charge is 0.449 e. The SMILES string of the molecule is CCCOC(=O)N1CCN(C(=O)c2ccc3c(Cl)cc(-c4cnc5[nH]nc(C)c5c4)nc3c2)[C@@H](C)C1. The van der Waals surface area contributed by atoms with E-state index in [1.54, 1.807) is 28.1 Å². The number of aryl methyl sites for hydroxylation is 1. The first kappa shape index (κ1) is 24.0. The van der Waals surface area contributed by atoms with Gasteiger partial charge in [-0.2, -0.15) is 5.10 Å². The van der Waals surface area contributed by atoms with Crippen molar-refractivity contribution in [2.24, 2.45) is 0 Å². The second kappa shape index (κ2) is 9.73. The highest BCUT2D eigenvalue weighted by molar-refractivity contribution is 6.35. The first-order valence-corrected chi connectivity index (χ1v) is 12.4. The molecule has 0 unspecified atom stereocenters. The van der Waals surface area contributed by atoms with Gasteiger partial charge in [-0.25, -0.2) is 14.8 Å². The van der Waals surface area contributed by atoms with E-state index in [4.69, 9.17) is 21.3 Å². The molecule has 1 aliphatic rings. The molecule has 36 heavy (non-hydrogen) atoms. The van der Waals surface area contributed by atoms with E-state index in [9.17, 15) is 9.59 Å². The minimum atomic E-state index is -0.328. The summed E-state index contributed by atoms with van der Waals surface area (Å²) in [7, 11) is 0. The highest BCUT2D eigenvalue weighted by Crippen LogP contribution is 2.30. The molecule has 1 fully saturated rings. The van der Waals surface area contributed by atoms with E-state index in [-0.39, 0.29) is 18.0 Å². The molecule has 2 amide bonds. The van der Waals surface area contributed by atoms with Gasteiger partial charge in [0, 0.05) is 53.8 Å². The van der Waals surface area contributed by atoms with Crippen LogP contribution in [-0.4, -0.2) is 74.2 Å². The maximum atomic E-state index is 13.4. The summed E-state index contributed by atoms with van der Waals surface area (Å²) in [6, 6.07) is 9.02. The van der Waals surface area contributed by atoms with Gasteiger partial charge in [-0.15, -0.1) is 0 Å². The van der Waals surface area contributed by atoms with Crippen LogP contribution in [0.1, 0.15) is 36.3 Å². The smallest absolute Gasteiger partial charge is 0.409 e. The predicted octanol–water partition coefficient (Wildman–Crippen LogP) is 4.83. The Balaban J connectivity index is 1.41. The molecular weight excluding hydrogens is 480 g/mol. The number of carbonyl (C=O) groups excluding carboxylic acids is 2. The number of benzene rings is 1. The van der Waals surface area contributed by atoms with Crippen molar-refractivity contribution in [1.29, 1.82) is 0 Å². The van der Waals surface area contributed by atoms with E-state index in [1.165, 1.54) is 0 Å². The van der Waals surface area contributed by atoms with E-state index in [0.717, 1.165) is 28.5 Å². The molecule has 4 aromatic rings. The second-order valence-corrected chi connectivity index (χ2v) is 9.47. The molecule has 9 nitrogen and oxygen atoms in total. The average molecular weight is 507 g/mol. The van der Waals surface area contributed by atoms with Crippen molar-refractivity contribution in [3.63, 3.8) is 0 Å². The van der Waals surface area contributed by atoms with Crippen molar-refractivity contribution < 1.29 is 14.3 Å². The third-order valence-electron chi connectivity index (χ3n) is 6.49. The number of fused-ring (bicyclic) bond motifs is 2. The number of piperazine rings is 1. The van der Waals surface area contributed by atoms with E-state index in [0.29, 0.717) is 53.7 Å². The van der Waals surface area contributed by atoms with Crippen LogP contribution >= 0.6 is 11.6 Å². The second-order valence-electron chi connectivity index (χ2n) is 9.06. The molecule has 1 saturated heterocycles. The van der Waals surface area contributed by atoms with Gasteiger partial charge < -0.3 is 14.5 Å². The van der Waals surface area contributed by atoms with Crippen LogP contribution in [0, 0.1) is 6.92 Å². The summed E-state index contributed by atoms with van der Waals surface area (Å²) in [6.07, 6.45) is 2.17. The molecule has 1 atom stereocenters. The number of nitrogens with one attached hydrogen (secondary N) is 1. The van der Waals surface area contributed by atoms with Crippen molar-refractivity contribution >= 4 is 45.5 Å². The molecule has 0 spiro atoms. The van der Waals surface area contributed by atoms with E-state index < -0.39 is 0 Å². The Labute approximate surface area is 213 Å². The van der Waals surface area contributed by atoms with Crippen molar-refractivity contribution in [2.45, 2.75) is 33.2 Å². The van der Waals surface area contributed by atoms with Crippen LogP contribution in [0.3, 0.4) is 0 Å². The number of hydrogen-bond acceptors (Lipinski definition) is 6. The number of carbonyl (C=O) groups is 2. The fraction of sp³-hybridized carbons (Fsp3) is 0.346. The van der Waals surface area contributed by atoms with Gasteiger partial charge in [0.2, 0.25) is 0 Å². The Hall–Kier alpha value is -3.72. The van der Waals surface area contributed by atoms with Crippen LogP contribution in [-0.2, 0) is 4.74 Å². The number of aromatic amines is 1. The third kappa shape index (κ3) is 4.46. The molecule has 1 aliphatic heterocycles. The summed E-state index contributed by atoms with van der Waals surface area (Å²) in [5, 5.41) is 9.33. The third-order valence-corrected chi connectivity index (χ3v) is 6.80. The van der Waals surface area contributed by atoms with Crippen molar-refractivity contribution in [1.82, 2.24) is 30.0 Å². The van der Waals surface area contributed by atoms with Crippen LogP contribution in [0.4, 0.5) is 4.79 Å². The minimum Gasteiger partial charge on any atom is -0.449 e. The standard InChI is InChI=1S/C26H27ClN6O3/c1-4-9-36-26(35)32-7-8-33(15(2)14-32)25(34)17-5-6-19-21(27)12-22(29-23(19)11-17)18-10-20-16(3)30-31-24(20)28-13-18/h5-6,10-13,15H,4,7-9,14H2,1-3H3,(H,28,30,31)/t15-/m0/s1. The lowest BCUT2D eigenvalue weighted by Crippen LogP contribution is -2.55. The monoisotopic (exact) mass is 506 g/mol. The summed E-state index contributed by atoms with van der Waals surface area (Å²) in [4.78, 5) is 38.3. The summed E-state index contributed by atoms with van der Waals surface area (Å²) >= 11 is 6.60. The topological polar surface area (TPSA) is 104 Å². The maximum Gasteiger partial charge on any atom is 0.409 e. The lowest BCUT2D eigenvalue weighted by Gasteiger charge is -2.39. The first-order valence-electron chi connectivity index (χ1n) is 12.0. The first-order chi connectivity index (χ1) is 17.4. The minimum absolute atomic E-state index is 0.105. The number of ether oxygens (including phenoxy) is 1. The lowest BCUT2D eigenvalue weighted by atomic mass is 10.1. The number of nitrogens with zero attached hydrogens (tertiary/aromatic N) is 5. The molecule has 3 aromatic heterocycles. The van der Waals surface area contributed by atoms with Gasteiger partial charge in [0.15, 0.2) is 5.65 Å². The Kier molecular flexibility index (Phi) is 6.49. The normalized spacial score (nSPS) is 16.1. The predicted molar refractivity (Wildman–Crippen MR) is 138 cm³/mol. The van der Waals surface area contributed by atoms with Crippen molar-refractivity contribution in [3.05, 3.63) is 52.8 Å². The quantitative estimate of drug-likeness (QED) is 0.425. The van der Waals surface area contributed by atoms with E-state index in [1.807, 2.05) is 39.0 Å². The number of halogens is 1. The van der Waals surface area contributed by atoms with Gasteiger partial charge in [0.05, 0.1) is 28.5 Å². The molecule has 1 N–H and O–H groups in total. The fourth-order valence-corrected chi connectivity index (χ4v) is 4.77. The van der Waals surface area contributed by atoms with Crippen molar-refractivity contribution in [3.8, 4) is 11.3 Å². The molecule has 4 heterocycles.